The Bertz CT molecular complexity index is 1030. The Morgan fingerprint density at radius 3 is 2.70 bits per heavy atom. The zero-order valence-corrected chi connectivity index (χ0v) is 15.7. The first-order valence-corrected chi connectivity index (χ1v) is 8.93. The van der Waals surface area contributed by atoms with E-state index in [1.807, 2.05) is 51.1 Å². The summed E-state index contributed by atoms with van der Waals surface area (Å²) < 4.78 is 0. The van der Waals surface area contributed by atoms with Gasteiger partial charge in [0.2, 0.25) is 0 Å². The van der Waals surface area contributed by atoms with Crippen molar-refractivity contribution < 1.29 is 4.79 Å². The van der Waals surface area contributed by atoms with Crippen LogP contribution in [-0.4, -0.2) is 22.4 Å². The maximum Gasteiger partial charge on any atom is 0.256 e. The predicted octanol–water partition coefficient (Wildman–Crippen LogP) is 4.85. The molecule has 1 heterocycles. The Morgan fingerprint density at radius 2 is 2.04 bits per heavy atom. The molecule has 0 unspecified atom stereocenters. The highest BCUT2D eigenvalue weighted by atomic mass is 16.1. The topological polar surface area (TPSA) is 107 Å². The first-order valence-electron chi connectivity index (χ1n) is 8.93. The van der Waals surface area contributed by atoms with Gasteiger partial charge in [0.15, 0.2) is 0 Å². The molecule has 0 aliphatic heterocycles. The van der Waals surface area contributed by atoms with Crippen molar-refractivity contribution in [3.63, 3.8) is 0 Å². The van der Waals surface area contributed by atoms with Crippen LogP contribution < -0.4 is 5.32 Å². The lowest BCUT2D eigenvalue weighted by Gasteiger charge is -2.11. The molecule has 3 rings (SSSR count). The van der Waals surface area contributed by atoms with Gasteiger partial charge < -0.3 is 10.3 Å². The standard InChI is InChI=1S/C20H22N6O/c1-4-17-24-16-11-12(2)18(13(3)19(16)25-17)20(27)23-15-7-5-14(6-8-15)9-10-22-26-21/h5-8,11H,4,9-10H2,1-3H3,(H,23,27)(H,24,25). The molecule has 0 atom stereocenters. The molecule has 7 heteroatoms. The second-order valence-electron chi connectivity index (χ2n) is 6.48. The van der Waals surface area contributed by atoms with Crippen molar-refractivity contribution in [1.29, 1.82) is 0 Å². The van der Waals surface area contributed by atoms with Crippen molar-refractivity contribution in [2.45, 2.75) is 33.6 Å². The highest BCUT2D eigenvalue weighted by Crippen LogP contribution is 2.25. The zero-order valence-electron chi connectivity index (χ0n) is 15.7. The number of aromatic nitrogens is 2. The fourth-order valence-electron chi connectivity index (χ4n) is 3.22. The quantitative estimate of drug-likeness (QED) is 0.371. The average molecular weight is 362 g/mol. The van der Waals surface area contributed by atoms with Crippen LogP contribution in [0.3, 0.4) is 0 Å². The van der Waals surface area contributed by atoms with Gasteiger partial charge in [-0.15, -0.1) is 0 Å². The summed E-state index contributed by atoms with van der Waals surface area (Å²) in [6.07, 6.45) is 1.49. The van der Waals surface area contributed by atoms with E-state index in [0.29, 0.717) is 18.5 Å². The molecule has 2 N–H and O–H groups in total. The minimum absolute atomic E-state index is 0.144. The van der Waals surface area contributed by atoms with E-state index in [1.54, 1.807) is 0 Å². The number of imidazole rings is 1. The number of carbonyl (C=O) groups is 1. The molecule has 27 heavy (non-hydrogen) atoms. The van der Waals surface area contributed by atoms with E-state index in [1.165, 1.54) is 0 Å². The van der Waals surface area contributed by atoms with Gasteiger partial charge >= 0.3 is 0 Å². The number of hydrogen-bond donors (Lipinski definition) is 2. The van der Waals surface area contributed by atoms with Crippen molar-refractivity contribution in [2.24, 2.45) is 5.11 Å². The van der Waals surface area contributed by atoms with E-state index in [4.69, 9.17) is 5.53 Å². The number of H-pyrrole nitrogens is 1. The number of benzene rings is 2. The third-order valence-corrected chi connectivity index (χ3v) is 4.60. The lowest BCUT2D eigenvalue weighted by atomic mass is 10.00. The van der Waals surface area contributed by atoms with Crippen LogP contribution in [0, 0.1) is 13.8 Å². The van der Waals surface area contributed by atoms with Crippen molar-refractivity contribution in [2.75, 3.05) is 11.9 Å². The Morgan fingerprint density at radius 1 is 1.30 bits per heavy atom. The molecular formula is C20H22N6O. The van der Waals surface area contributed by atoms with Gasteiger partial charge in [0.1, 0.15) is 5.82 Å². The predicted molar refractivity (Wildman–Crippen MR) is 107 cm³/mol. The second kappa shape index (κ2) is 7.93. The highest BCUT2D eigenvalue weighted by Gasteiger charge is 2.17. The first-order chi connectivity index (χ1) is 13.0. The van der Waals surface area contributed by atoms with Gasteiger partial charge in [-0.1, -0.05) is 24.2 Å². The van der Waals surface area contributed by atoms with Crippen molar-refractivity contribution in [3.05, 3.63) is 68.9 Å². The summed E-state index contributed by atoms with van der Waals surface area (Å²) in [7, 11) is 0. The lowest BCUT2D eigenvalue weighted by Crippen LogP contribution is -2.15. The number of fused-ring (bicyclic) bond motifs is 1. The molecule has 1 aromatic heterocycles. The monoisotopic (exact) mass is 362 g/mol. The van der Waals surface area contributed by atoms with Crippen LogP contribution in [-0.2, 0) is 12.8 Å². The van der Waals surface area contributed by atoms with Gasteiger partial charge in [-0.2, -0.15) is 0 Å². The van der Waals surface area contributed by atoms with E-state index in [9.17, 15) is 4.79 Å². The number of nitrogens with zero attached hydrogens (tertiary/aromatic N) is 4. The normalized spacial score (nSPS) is 10.6. The van der Waals surface area contributed by atoms with Crippen LogP contribution in [0.1, 0.15) is 39.8 Å². The third kappa shape index (κ3) is 3.93. The summed E-state index contributed by atoms with van der Waals surface area (Å²) >= 11 is 0. The third-order valence-electron chi connectivity index (χ3n) is 4.60. The number of azide groups is 1. The van der Waals surface area contributed by atoms with Gasteiger partial charge in [0, 0.05) is 29.1 Å². The molecule has 3 aromatic rings. The maximum absolute atomic E-state index is 12.9. The van der Waals surface area contributed by atoms with Crippen LogP contribution in [0.15, 0.2) is 35.4 Å². The average Bonchev–Trinajstić information content (AvgIpc) is 3.07. The highest BCUT2D eigenvalue weighted by molar-refractivity contribution is 6.08. The smallest absolute Gasteiger partial charge is 0.256 e. The molecule has 0 aliphatic rings. The second-order valence-corrected chi connectivity index (χ2v) is 6.48. The van der Waals surface area contributed by atoms with Crippen molar-refractivity contribution in [1.82, 2.24) is 9.97 Å². The van der Waals surface area contributed by atoms with E-state index in [0.717, 1.165) is 45.7 Å². The number of aromatic amines is 1. The molecule has 0 saturated carbocycles. The maximum atomic E-state index is 12.9. The van der Waals surface area contributed by atoms with E-state index < -0.39 is 0 Å². The number of rotatable bonds is 6. The van der Waals surface area contributed by atoms with Gasteiger partial charge in [0.25, 0.3) is 5.91 Å². The molecule has 0 saturated heterocycles. The molecule has 2 aromatic carbocycles. The van der Waals surface area contributed by atoms with Crippen LogP contribution in [0.2, 0.25) is 0 Å². The number of aryl methyl sites for hydroxylation is 3. The Kier molecular flexibility index (Phi) is 5.43. The summed E-state index contributed by atoms with van der Waals surface area (Å²) in [4.78, 5) is 23.5. The fourth-order valence-corrected chi connectivity index (χ4v) is 3.22. The molecular weight excluding hydrogens is 340 g/mol. The van der Waals surface area contributed by atoms with Crippen LogP contribution in [0.4, 0.5) is 5.69 Å². The molecule has 0 bridgehead atoms. The van der Waals surface area contributed by atoms with Crippen molar-refractivity contribution >= 4 is 22.6 Å². The molecule has 0 radical (unpaired) electrons. The van der Waals surface area contributed by atoms with Gasteiger partial charge in [-0.25, -0.2) is 4.98 Å². The molecule has 0 fully saturated rings. The van der Waals surface area contributed by atoms with Crippen molar-refractivity contribution in [3.8, 4) is 0 Å². The minimum atomic E-state index is -0.144. The molecule has 0 aliphatic carbocycles. The lowest BCUT2D eigenvalue weighted by molar-refractivity contribution is 0.102. The largest absolute Gasteiger partial charge is 0.342 e. The van der Waals surface area contributed by atoms with Crippen LogP contribution in [0.25, 0.3) is 21.5 Å². The van der Waals surface area contributed by atoms with Crippen LogP contribution in [0.5, 0.6) is 0 Å². The summed E-state index contributed by atoms with van der Waals surface area (Å²) in [6.45, 7) is 6.34. The molecule has 7 nitrogen and oxygen atoms in total. The van der Waals surface area contributed by atoms with E-state index in [2.05, 4.69) is 25.3 Å². The first kappa shape index (κ1) is 18.5. The minimum Gasteiger partial charge on any atom is -0.342 e. The zero-order chi connectivity index (χ0) is 19.4. The number of amides is 1. The number of nitrogens with one attached hydrogen (secondary N) is 2. The summed E-state index contributed by atoms with van der Waals surface area (Å²) in [5.74, 6) is 0.774. The van der Waals surface area contributed by atoms with Gasteiger partial charge in [-0.3, -0.25) is 4.79 Å². The molecule has 138 valence electrons. The Hall–Kier alpha value is -3.31. The molecule has 1 amide bonds. The summed E-state index contributed by atoms with van der Waals surface area (Å²) in [5, 5.41) is 6.49. The SMILES string of the molecule is CCc1nc2c(C)c(C(=O)Nc3ccc(CCN=[N+]=[N-])cc3)c(C)cc2[nH]1. The fraction of sp³-hybridized carbons (Fsp3) is 0.300. The van der Waals surface area contributed by atoms with Gasteiger partial charge in [0.05, 0.1) is 11.0 Å². The van der Waals surface area contributed by atoms with Crippen LogP contribution >= 0.6 is 0 Å². The summed E-state index contributed by atoms with van der Waals surface area (Å²) in [6, 6.07) is 9.54. The Balaban J connectivity index is 1.82. The van der Waals surface area contributed by atoms with E-state index in [-0.39, 0.29) is 5.91 Å². The Labute approximate surface area is 157 Å². The number of hydrogen-bond acceptors (Lipinski definition) is 3. The van der Waals surface area contributed by atoms with E-state index >= 15 is 0 Å². The summed E-state index contributed by atoms with van der Waals surface area (Å²) in [5.41, 5.74) is 14.4. The number of anilines is 1. The number of carbonyl (C=O) groups excluding carboxylic acids is 1. The van der Waals surface area contributed by atoms with Gasteiger partial charge in [-0.05, 0) is 60.7 Å². The molecule has 0 spiro atoms.